The summed E-state index contributed by atoms with van der Waals surface area (Å²) in [5.41, 5.74) is 1.44. The predicted octanol–water partition coefficient (Wildman–Crippen LogP) is 3.69. The standard InChI is InChI=1S/C24H24N2O3S/c1-26(2)20(22-13-8-14-30-22)15-25-24(27)23-19(16-28-17-9-4-3-5-10-17)18-11-6-7-12-21(18)29-23/h3-14,20H,15-16H2,1-2H3,(H,25,27)/p+1/t20-/m0/s1. The maximum Gasteiger partial charge on any atom is 0.287 e. The van der Waals surface area contributed by atoms with E-state index in [2.05, 4.69) is 30.9 Å². The molecule has 2 aromatic heterocycles. The van der Waals surface area contributed by atoms with Gasteiger partial charge in [0.15, 0.2) is 5.76 Å². The first-order chi connectivity index (χ1) is 14.6. The molecule has 0 bridgehead atoms. The van der Waals surface area contributed by atoms with Crippen molar-refractivity contribution in [3.05, 3.63) is 88.3 Å². The summed E-state index contributed by atoms with van der Waals surface area (Å²) in [6, 6.07) is 21.6. The average molecular weight is 422 g/mol. The molecule has 0 aliphatic carbocycles. The number of rotatable bonds is 8. The zero-order chi connectivity index (χ0) is 20.9. The molecule has 0 spiro atoms. The summed E-state index contributed by atoms with van der Waals surface area (Å²) < 4.78 is 11.9. The molecule has 0 aliphatic heterocycles. The lowest BCUT2D eigenvalue weighted by Crippen LogP contribution is -3.06. The first-order valence-corrected chi connectivity index (χ1v) is 10.8. The predicted molar refractivity (Wildman–Crippen MR) is 119 cm³/mol. The topological polar surface area (TPSA) is 55.9 Å². The van der Waals surface area contributed by atoms with E-state index < -0.39 is 0 Å². The Balaban J connectivity index is 1.55. The fourth-order valence-corrected chi connectivity index (χ4v) is 4.41. The quantitative estimate of drug-likeness (QED) is 0.456. The van der Waals surface area contributed by atoms with Crippen LogP contribution in [-0.2, 0) is 6.61 Å². The van der Waals surface area contributed by atoms with Crippen LogP contribution in [0, 0.1) is 0 Å². The van der Waals surface area contributed by atoms with E-state index in [-0.39, 0.29) is 18.6 Å². The van der Waals surface area contributed by atoms with Gasteiger partial charge in [0, 0.05) is 10.9 Å². The summed E-state index contributed by atoms with van der Waals surface area (Å²) in [4.78, 5) is 15.6. The maximum atomic E-state index is 13.1. The molecule has 0 saturated carbocycles. The summed E-state index contributed by atoms with van der Waals surface area (Å²) in [5.74, 6) is 0.842. The monoisotopic (exact) mass is 421 g/mol. The van der Waals surface area contributed by atoms with Crippen molar-refractivity contribution in [3.8, 4) is 5.75 Å². The number of hydrogen-bond donors (Lipinski definition) is 2. The van der Waals surface area contributed by atoms with Crippen LogP contribution < -0.4 is 15.0 Å². The van der Waals surface area contributed by atoms with Crippen LogP contribution in [0.15, 0.2) is 76.5 Å². The molecule has 0 aliphatic rings. The molecule has 2 aromatic carbocycles. The molecular formula is C24H25N2O3S+. The Morgan fingerprint density at radius 2 is 1.83 bits per heavy atom. The Hall–Kier alpha value is -3.09. The van der Waals surface area contributed by atoms with Gasteiger partial charge in [0.2, 0.25) is 0 Å². The minimum absolute atomic E-state index is 0.183. The molecular weight excluding hydrogens is 396 g/mol. The van der Waals surface area contributed by atoms with Gasteiger partial charge >= 0.3 is 0 Å². The van der Waals surface area contributed by atoms with E-state index >= 15 is 0 Å². The SMILES string of the molecule is C[NH+](C)[C@@H](CNC(=O)c1oc2ccccc2c1COc1ccccc1)c1cccs1. The number of benzene rings is 2. The number of likely N-dealkylation sites (N-methyl/N-ethyl adjacent to an activating group) is 1. The number of hydrogen-bond acceptors (Lipinski definition) is 4. The first-order valence-electron chi connectivity index (χ1n) is 9.93. The zero-order valence-corrected chi connectivity index (χ0v) is 17.9. The highest BCUT2D eigenvalue weighted by atomic mass is 32.1. The number of ether oxygens (including phenoxy) is 1. The van der Waals surface area contributed by atoms with Gasteiger partial charge in [0.1, 0.15) is 24.0 Å². The number of thiophene rings is 1. The second-order valence-electron chi connectivity index (χ2n) is 7.36. The largest absolute Gasteiger partial charge is 0.489 e. The van der Waals surface area contributed by atoms with Crippen molar-refractivity contribution in [3.63, 3.8) is 0 Å². The highest BCUT2D eigenvalue weighted by Gasteiger charge is 2.24. The number of nitrogens with one attached hydrogen (secondary N) is 2. The van der Waals surface area contributed by atoms with E-state index in [1.54, 1.807) is 11.3 Å². The third-order valence-corrected chi connectivity index (χ3v) is 6.07. The van der Waals surface area contributed by atoms with Crippen molar-refractivity contribution in [2.75, 3.05) is 20.6 Å². The normalized spacial score (nSPS) is 12.2. The van der Waals surface area contributed by atoms with Crippen molar-refractivity contribution < 1.29 is 18.8 Å². The zero-order valence-electron chi connectivity index (χ0n) is 17.1. The number of carbonyl (C=O) groups excluding carboxylic acids is 1. The molecule has 30 heavy (non-hydrogen) atoms. The lowest BCUT2D eigenvalue weighted by Gasteiger charge is -2.20. The highest BCUT2D eigenvalue weighted by Crippen LogP contribution is 2.27. The van der Waals surface area contributed by atoms with Crippen LogP contribution in [-0.4, -0.2) is 26.5 Å². The average Bonchev–Trinajstić information content (AvgIpc) is 3.41. The smallest absolute Gasteiger partial charge is 0.287 e. The molecule has 5 nitrogen and oxygen atoms in total. The van der Waals surface area contributed by atoms with Crippen molar-refractivity contribution in [1.82, 2.24) is 5.32 Å². The van der Waals surface area contributed by atoms with E-state index in [1.807, 2.05) is 60.7 Å². The molecule has 1 amide bonds. The summed E-state index contributed by atoms with van der Waals surface area (Å²) in [7, 11) is 4.19. The Morgan fingerprint density at radius 1 is 1.07 bits per heavy atom. The maximum absolute atomic E-state index is 13.1. The van der Waals surface area contributed by atoms with Crippen molar-refractivity contribution in [1.29, 1.82) is 0 Å². The van der Waals surface area contributed by atoms with Gasteiger partial charge in [-0.1, -0.05) is 42.5 Å². The summed E-state index contributed by atoms with van der Waals surface area (Å²) in [6.07, 6.45) is 0. The van der Waals surface area contributed by atoms with Crippen LogP contribution in [0.25, 0.3) is 11.0 Å². The first kappa shape index (κ1) is 20.2. The highest BCUT2D eigenvalue weighted by molar-refractivity contribution is 7.10. The van der Waals surface area contributed by atoms with Gasteiger partial charge in [-0.25, -0.2) is 0 Å². The van der Waals surface area contributed by atoms with Gasteiger partial charge in [0.05, 0.1) is 25.5 Å². The Morgan fingerprint density at radius 3 is 2.57 bits per heavy atom. The fourth-order valence-electron chi connectivity index (χ4n) is 3.45. The van der Waals surface area contributed by atoms with Crippen LogP contribution >= 0.6 is 11.3 Å². The van der Waals surface area contributed by atoms with Gasteiger partial charge in [-0.2, -0.15) is 0 Å². The van der Waals surface area contributed by atoms with Crippen LogP contribution in [0.3, 0.4) is 0 Å². The van der Waals surface area contributed by atoms with Crippen LogP contribution in [0.1, 0.15) is 27.0 Å². The van der Waals surface area contributed by atoms with Crippen molar-refractivity contribution >= 4 is 28.2 Å². The second-order valence-corrected chi connectivity index (χ2v) is 8.34. The summed E-state index contributed by atoms with van der Waals surface area (Å²) in [5, 5.41) is 6.02. The van der Waals surface area contributed by atoms with E-state index in [9.17, 15) is 4.79 Å². The molecule has 0 radical (unpaired) electrons. The van der Waals surface area contributed by atoms with E-state index in [1.165, 1.54) is 9.78 Å². The molecule has 0 fully saturated rings. The summed E-state index contributed by atoms with van der Waals surface area (Å²) >= 11 is 1.70. The number of amides is 1. The molecule has 4 rings (SSSR count). The van der Waals surface area contributed by atoms with Crippen LogP contribution in [0.4, 0.5) is 0 Å². The molecule has 0 saturated heterocycles. The molecule has 0 unspecified atom stereocenters. The minimum Gasteiger partial charge on any atom is -0.489 e. The lowest BCUT2D eigenvalue weighted by molar-refractivity contribution is -0.890. The fraction of sp³-hybridized carbons (Fsp3) is 0.208. The summed E-state index contributed by atoms with van der Waals surface area (Å²) in [6.45, 7) is 0.786. The Bertz CT molecular complexity index is 1100. The van der Waals surface area contributed by atoms with Crippen molar-refractivity contribution in [2.24, 2.45) is 0 Å². The second kappa shape index (κ2) is 9.15. The van der Waals surface area contributed by atoms with E-state index in [4.69, 9.17) is 9.15 Å². The molecule has 2 N–H and O–H groups in total. The molecule has 4 aromatic rings. The van der Waals surface area contributed by atoms with E-state index in [0.29, 0.717) is 17.9 Å². The molecule has 1 atom stereocenters. The number of para-hydroxylation sites is 2. The lowest BCUT2D eigenvalue weighted by atomic mass is 10.1. The minimum atomic E-state index is -0.222. The molecule has 2 heterocycles. The third-order valence-electron chi connectivity index (χ3n) is 5.08. The van der Waals surface area contributed by atoms with Gasteiger partial charge in [-0.3, -0.25) is 4.79 Å². The van der Waals surface area contributed by atoms with Crippen molar-refractivity contribution in [2.45, 2.75) is 12.6 Å². The number of carbonyl (C=O) groups is 1. The van der Waals surface area contributed by atoms with Gasteiger partial charge in [-0.15, -0.1) is 11.3 Å². The van der Waals surface area contributed by atoms with E-state index in [0.717, 1.165) is 16.7 Å². The van der Waals surface area contributed by atoms with Gasteiger partial charge in [0.25, 0.3) is 5.91 Å². The number of quaternary nitrogens is 1. The molecule has 154 valence electrons. The number of fused-ring (bicyclic) bond motifs is 1. The van der Waals surface area contributed by atoms with Crippen LogP contribution in [0.5, 0.6) is 5.75 Å². The number of furan rings is 1. The Kier molecular flexibility index (Phi) is 6.16. The van der Waals surface area contributed by atoms with Crippen LogP contribution in [0.2, 0.25) is 0 Å². The van der Waals surface area contributed by atoms with Gasteiger partial charge < -0.3 is 19.4 Å². The molecule has 6 heteroatoms. The third kappa shape index (κ3) is 4.40. The Labute approximate surface area is 179 Å². The van der Waals surface area contributed by atoms with Gasteiger partial charge in [-0.05, 0) is 29.6 Å².